The van der Waals surface area contributed by atoms with Crippen molar-refractivity contribution in [2.24, 2.45) is 0 Å². The van der Waals surface area contributed by atoms with Crippen molar-refractivity contribution in [1.29, 1.82) is 0 Å². The van der Waals surface area contributed by atoms with Gasteiger partial charge in [0.05, 0.1) is 21.7 Å². The predicted octanol–water partition coefficient (Wildman–Crippen LogP) is 5.94. The summed E-state index contributed by atoms with van der Waals surface area (Å²) >= 11 is 12.4. The van der Waals surface area contributed by atoms with Gasteiger partial charge >= 0.3 is 0 Å². The number of hydrogen-bond acceptors (Lipinski definition) is 4. The van der Waals surface area contributed by atoms with Gasteiger partial charge < -0.3 is 14.7 Å². The number of Topliss-reactive ketones (excluding diaryl/α,β-unsaturated/α-hetero) is 1. The van der Waals surface area contributed by atoms with Gasteiger partial charge in [-0.15, -0.1) is 0 Å². The third kappa shape index (κ3) is 3.95. The number of ether oxygens (including phenoxy) is 1. The van der Waals surface area contributed by atoms with Gasteiger partial charge in [0.2, 0.25) is 0 Å². The zero-order valence-corrected chi connectivity index (χ0v) is 19.8. The number of ketones is 1. The second-order valence-corrected chi connectivity index (χ2v) is 9.36. The van der Waals surface area contributed by atoms with Crippen molar-refractivity contribution < 1.29 is 19.4 Å². The number of aliphatic hydroxyl groups is 1. The van der Waals surface area contributed by atoms with Crippen LogP contribution >= 0.6 is 23.2 Å². The summed E-state index contributed by atoms with van der Waals surface area (Å²) in [5.74, 6) is -0.892. The molecule has 1 amide bonds. The Kier molecular flexibility index (Phi) is 5.84. The number of carbonyl (C=O) groups is 2. The molecule has 172 valence electrons. The molecule has 1 fully saturated rings. The fourth-order valence-electron chi connectivity index (χ4n) is 4.58. The molecule has 3 aromatic rings. The van der Waals surface area contributed by atoms with Crippen LogP contribution in [0.3, 0.4) is 0 Å². The van der Waals surface area contributed by atoms with Crippen molar-refractivity contribution in [2.75, 3.05) is 0 Å². The first-order valence-corrected chi connectivity index (χ1v) is 11.7. The van der Waals surface area contributed by atoms with E-state index in [1.807, 2.05) is 43.3 Å². The van der Waals surface area contributed by atoms with E-state index in [0.717, 1.165) is 16.9 Å². The molecule has 2 atom stereocenters. The smallest absolute Gasteiger partial charge is 0.295 e. The number of aliphatic hydroxyl groups excluding tert-OH is 1. The molecule has 0 bridgehead atoms. The fourth-order valence-corrected chi connectivity index (χ4v) is 4.88. The highest BCUT2D eigenvalue weighted by Gasteiger charge is 2.46. The number of halogens is 2. The molecule has 2 unspecified atom stereocenters. The fraction of sp³-hybridized carbons (Fsp3) is 0.185. The van der Waals surface area contributed by atoms with E-state index in [4.69, 9.17) is 27.9 Å². The van der Waals surface area contributed by atoms with Crippen molar-refractivity contribution in [3.63, 3.8) is 0 Å². The lowest BCUT2D eigenvalue weighted by Gasteiger charge is -2.25. The topological polar surface area (TPSA) is 66.8 Å². The molecule has 1 N–H and O–H groups in total. The predicted molar refractivity (Wildman–Crippen MR) is 131 cm³/mol. The zero-order valence-electron chi connectivity index (χ0n) is 18.3. The molecule has 5 nitrogen and oxygen atoms in total. The number of benzene rings is 3. The van der Waals surface area contributed by atoms with E-state index >= 15 is 0 Å². The minimum absolute atomic E-state index is 0.0197. The normalized spacial score (nSPS) is 21.0. The lowest BCUT2D eigenvalue weighted by atomic mass is 9.94. The van der Waals surface area contributed by atoms with E-state index in [1.54, 1.807) is 30.3 Å². The average Bonchev–Trinajstić information content (AvgIpc) is 3.32. The van der Waals surface area contributed by atoms with Gasteiger partial charge in [0, 0.05) is 18.5 Å². The molecule has 7 heteroatoms. The first-order valence-electron chi connectivity index (χ1n) is 10.9. The van der Waals surface area contributed by atoms with Gasteiger partial charge in [-0.3, -0.25) is 9.59 Å². The highest BCUT2D eigenvalue weighted by atomic mass is 35.5. The quantitative estimate of drug-likeness (QED) is 0.277. The molecule has 0 aromatic heterocycles. The molecule has 5 rings (SSSR count). The summed E-state index contributed by atoms with van der Waals surface area (Å²) in [5, 5.41) is 12.0. The molecule has 0 aliphatic carbocycles. The number of carbonyl (C=O) groups excluding carboxylic acids is 2. The second kappa shape index (κ2) is 8.82. The van der Waals surface area contributed by atoms with Crippen molar-refractivity contribution in [3.8, 4) is 5.75 Å². The molecule has 2 aliphatic heterocycles. The SMILES string of the molecule is CC1Cc2cc(/C(O)=C3\C(=O)C(=O)N(Cc4ccccc4)C3c3ccc(Cl)c(Cl)c3)ccc2O1. The summed E-state index contributed by atoms with van der Waals surface area (Å²) in [4.78, 5) is 27.9. The molecular formula is C27H21Cl2NO4. The number of nitrogens with zero attached hydrogens (tertiary/aromatic N) is 1. The van der Waals surface area contributed by atoms with Gasteiger partial charge in [0.1, 0.15) is 17.6 Å². The maximum Gasteiger partial charge on any atom is 0.295 e. The van der Waals surface area contributed by atoms with Gasteiger partial charge in [-0.05, 0) is 53.9 Å². The molecule has 0 radical (unpaired) electrons. The van der Waals surface area contributed by atoms with Crippen LogP contribution < -0.4 is 4.74 Å². The molecule has 0 saturated carbocycles. The monoisotopic (exact) mass is 493 g/mol. The van der Waals surface area contributed by atoms with Crippen LogP contribution in [0.5, 0.6) is 5.75 Å². The van der Waals surface area contributed by atoms with Crippen LogP contribution in [0.1, 0.15) is 35.2 Å². The Bertz CT molecular complexity index is 1340. The Hall–Kier alpha value is -3.28. The van der Waals surface area contributed by atoms with Crippen molar-refractivity contribution >= 4 is 40.7 Å². The van der Waals surface area contributed by atoms with Crippen LogP contribution in [0.25, 0.3) is 5.76 Å². The van der Waals surface area contributed by atoms with E-state index in [9.17, 15) is 14.7 Å². The van der Waals surface area contributed by atoms with Crippen LogP contribution in [0.15, 0.2) is 72.3 Å². The maximum absolute atomic E-state index is 13.2. The molecule has 1 saturated heterocycles. The van der Waals surface area contributed by atoms with Gasteiger partial charge in [-0.1, -0.05) is 59.6 Å². The third-order valence-corrected chi connectivity index (χ3v) is 6.90. The van der Waals surface area contributed by atoms with Crippen LogP contribution in [0, 0.1) is 0 Å². The first kappa shape index (κ1) is 22.5. The Labute approximate surface area is 207 Å². The van der Waals surface area contributed by atoms with E-state index in [2.05, 4.69) is 0 Å². The summed E-state index contributed by atoms with van der Waals surface area (Å²) in [6.45, 7) is 2.17. The van der Waals surface area contributed by atoms with Crippen LogP contribution in [-0.4, -0.2) is 27.8 Å². The van der Waals surface area contributed by atoms with Crippen LogP contribution in [0.2, 0.25) is 10.0 Å². The van der Waals surface area contributed by atoms with Crippen molar-refractivity contribution in [1.82, 2.24) is 4.90 Å². The summed E-state index contributed by atoms with van der Waals surface area (Å²) in [6.07, 6.45) is 0.745. The number of amides is 1. The minimum Gasteiger partial charge on any atom is -0.507 e. The molecule has 2 heterocycles. The second-order valence-electron chi connectivity index (χ2n) is 8.54. The van der Waals surface area contributed by atoms with Crippen molar-refractivity contribution in [3.05, 3.63) is 105 Å². The Morgan fingerprint density at radius 3 is 2.53 bits per heavy atom. The number of fused-ring (bicyclic) bond motifs is 1. The molecule has 2 aliphatic rings. The lowest BCUT2D eigenvalue weighted by molar-refractivity contribution is -0.140. The first-order chi connectivity index (χ1) is 16.3. The number of hydrogen-bond donors (Lipinski definition) is 1. The standard InChI is InChI=1S/C27H21Cl2NO4/c1-15-11-19-12-18(8-10-22(19)34-15)25(31)23-24(17-7-9-20(28)21(29)13-17)30(27(33)26(23)32)14-16-5-3-2-4-6-16/h2-10,12-13,15,24,31H,11,14H2,1H3/b25-23+. The Morgan fingerprint density at radius 1 is 1.03 bits per heavy atom. The molecular weight excluding hydrogens is 473 g/mol. The van der Waals surface area contributed by atoms with Gasteiger partial charge in [-0.2, -0.15) is 0 Å². The lowest BCUT2D eigenvalue weighted by Crippen LogP contribution is -2.29. The Morgan fingerprint density at radius 2 is 1.79 bits per heavy atom. The van der Waals surface area contributed by atoms with E-state index in [0.29, 0.717) is 27.6 Å². The summed E-state index contributed by atoms with van der Waals surface area (Å²) in [6, 6.07) is 18.8. The van der Waals surface area contributed by atoms with Crippen LogP contribution in [-0.2, 0) is 22.6 Å². The van der Waals surface area contributed by atoms with Gasteiger partial charge in [0.15, 0.2) is 0 Å². The third-order valence-electron chi connectivity index (χ3n) is 6.16. The summed E-state index contributed by atoms with van der Waals surface area (Å²) < 4.78 is 5.75. The average molecular weight is 494 g/mol. The minimum atomic E-state index is -0.821. The molecule has 3 aromatic carbocycles. The summed E-state index contributed by atoms with van der Waals surface area (Å²) in [7, 11) is 0. The highest BCUT2D eigenvalue weighted by Crippen LogP contribution is 2.42. The Balaban J connectivity index is 1.65. The summed E-state index contributed by atoms with van der Waals surface area (Å²) in [5.41, 5.74) is 2.87. The van der Waals surface area contributed by atoms with E-state index in [1.165, 1.54) is 4.90 Å². The highest BCUT2D eigenvalue weighted by molar-refractivity contribution is 6.46. The van der Waals surface area contributed by atoms with Gasteiger partial charge in [0.25, 0.3) is 11.7 Å². The number of likely N-dealkylation sites (tertiary alicyclic amines) is 1. The largest absolute Gasteiger partial charge is 0.507 e. The van der Waals surface area contributed by atoms with Crippen molar-refractivity contribution in [2.45, 2.75) is 32.0 Å². The zero-order chi connectivity index (χ0) is 24.0. The van der Waals surface area contributed by atoms with E-state index in [-0.39, 0.29) is 24.0 Å². The van der Waals surface area contributed by atoms with Gasteiger partial charge in [-0.25, -0.2) is 0 Å². The van der Waals surface area contributed by atoms with E-state index < -0.39 is 17.7 Å². The number of rotatable bonds is 4. The molecule has 0 spiro atoms. The molecule has 34 heavy (non-hydrogen) atoms. The van der Waals surface area contributed by atoms with Crippen LogP contribution in [0.4, 0.5) is 0 Å². The maximum atomic E-state index is 13.2.